The van der Waals surface area contributed by atoms with Crippen molar-refractivity contribution in [3.63, 3.8) is 0 Å². The highest BCUT2D eigenvalue weighted by Crippen LogP contribution is 2.41. The number of aryl methyl sites for hydroxylation is 1. The van der Waals surface area contributed by atoms with E-state index in [1.165, 1.54) is 22.5 Å². The van der Waals surface area contributed by atoms with Crippen LogP contribution in [-0.4, -0.2) is 24.5 Å². The molecule has 0 radical (unpaired) electrons. The van der Waals surface area contributed by atoms with Gasteiger partial charge in [-0.1, -0.05) is 42.5 Å². The van der Waals surface area contributed by atoms with E-state index in [0.29, 0.717) is 6.54 Å². The van der Waals surface area contributed by atoms with E-state index in [1.807, 2.05) is 30.6 Å². The number of pyridine rings is 2. The van der Waals surface area contributed by atoms with Gasteiger partial charge >= 0.3 is 0 Å². The van der Waals surface area contributed by atoms with Gasteiger partial charge in [0, 0.05) is 43.1 Å². The summed E-state index contributed by atoms with van der Waals surface area (Å²) in [5.74, 6) is 0. The van der Waals surface area contributed by atoms with Crippen LogP contribution in [0.3, 0.4) is 0 Å². The van der Waals surface area contributed by atoms with Gasteiger partial charge in [-0.15, -0.1) is 0 Å². The number of nitrogens with zero attached hydrogens (tertiary/aromatic N) is 4. The van der Waals surface area contributed by atoms with Gasteiger partial charge in [0.25, 0.3) is 0 Å². The Balaban J connectivity index is 1.56. The standard InChI is InChI=1S/C27H27N5S/c1-19-15-23(20(2)31(19)17-21-9-4-3-5-10-21)26-25(24-12-6-7-14-29-24)30-27(33)32(26)18-22-11-8-13-28-16-22/h3-16,25-26H,17-18H2,1-2H3,(H,30,33)/t25-,26+/m1/s1. The molecule has 166 valence electrons. The third kappa shape index (κ3) is 4.26. The quantitative estimate of drug-likeness (QED) is 0.411. The SMILES string of the molecule is Cc1cc([C@H]2[C@@H](c3ccccn3)NC(=S)N2Cc2cccnc2)c(C)n1Cc1ccccc1. The number of rotatable bonds is 6. The highest BCUT2D eigenvalue weighted by molar-refractivity contribution is 7.80. The predicted molar refractivity (Wildman–Crippen MR) is 135 cm³/mol. The summed E-state index contributed by atoms with van der Waals surface area (Å²) >= 11 is 5.84. The first-order chi connectivity index (χ1) is 16.1. The van der Waals surface area contributed by atoms with Crippen molar-refractivity contribution in [2.45, 2.75) is 39.0 Å². The minimum atomic E-state index is -0.0268. The molecule has 0 saturated carbocycles. The molecule has 6 heteroatoms. The van der Waals surface area contributed by atoms with E-state index < -0.39 is 0 Å². The van der Waals surface area contributed by atoms with Crippen LogP contribution in [0.1, 0.15) is 45.9 Å². The maximum absolute atomic E-state index is 5.84. The second-order valence-corrected chi connectivity index (χ2v) is 8.90. The zero-order valence-corrected chi connectivity index (χ0v) is 19.7. The molecule has 0 amide bonds. The van der Waals surface area contributed by atoms with Crippen LogP contribution >= 0.6 is 12.2 Å². The number of benzene rings is 1. The van der Waals surface area contributed by atoms with Crippen molar-refractivity contribution in [2.75, 3.05) is 0 Å². The van der Waals surface area contributed by atoms with Crippen molar-refractivity contribution in [1.82, 2.24) is 24.8 Å². The molecule has 1 aliphatic rings. The van der Waals surface area contributed by atoms with Crippen molar-refractivity contribution in [2.24, 2.45) is 0 Å². The summed E-state index contributed by atoms with van der Waals surface area (Å²) in [7, 11) is 0. The van der Waals surface area contributed by atoms with E-state index in [4.69, 9.17) is 12.2 Å². The average molecular weight is 454 g/mol. The Morgan fingerprint density at radius 1 is 0.909 bits per heavy atom. The van der Waals surface area contributed by atoms with Crippen LogP contribution in [0, 0.1) is 13.8 Å². The molecule has 3 aromatic heterocycles. The summed E-state index contributed by atoms with van der Waals surface area (Å²) in [5, 5.41) is 4.30. The summed E-state index contributed by atoms with van der Waals surface area (Å²) in [5.41, 5.74) is 7.18. The summed E-state index contributed by atoms with van der Waals surface area (Å²) in [6.45, 7) is 5.93. The lowest BCUT2D eigenvalue weighted by atomic mass is 9.96. The summed E-state index contributed by atoms with van der Waals surface area (Å²) in [4.78, 5) is 11.3. The molecule has 1 aromatic carbocycles. The Morgan fingerprint density at radius 3 is 2.42 bits per heavy atom. The molecule has 0 bridgehead atoms. The average Bonchev–Trinajstić information content (AvgIpc) is 3.31. The van der Waals surface area contributed by atoms with Crippen LogP contribution < -0.4 is 5.32 Å². The fraction of sp³-hybridized carbons (Fsp3) is 0.222. The number of hydrogen-bond donors (Lipinski definition) is 1. The molecule has 0 spiro atoms. The van der Waals surface area contributed by atoms with E-state index in [-0.39, 0.29) is 12.1 Å². The number of aromatic nitrogens is 3. The van der Waals surface area contributed by atoms with E-state index >= 15 is 0 Å². The van der Waals surface area contributed by atoms with Crippen LogP contribution in [0.2, 0.25) is 0 Å². The molecule has 1 saturated heterocycles. The van der Waals surface area contributed by atoms with Gasteiger partial charge in [-0.25, -0.2) is 0 Å². The molecule has 0 aliphatic carbocycles. The number of nitrogens with one attached hydrogen (secondary N) is 1. The van der Waals surface area contributed by atoms with Crippen LogP contribution in [0.15, 0.2) is 85.3 Å². The summed E-state index contributed by atoms with van der Waals surface area (Å²) in [6, 6.07) is 23.0. The van der Waals surface area contributed by atoms with Crippen molar-refractivity contribution >= 4 is 17.3 Å². The minimum absolute atomic E-state index is 0.0268. The van der Waals surface area contributed by atoms with Crippen LogP contribution in [0.5, 0.6) is 0 Å². The van der Waals surface area contributed by atoms with Gasteiger partial charge in [0.05, 0.1) is 17.8 Å². The molecule has 1 N–H and O–H groups in total. The molecule has 33 heavy (non-hydrogen) atoms. The molecule has 5 rings (SSSR count). The smallest absolute Gasteiger partial charge is 0.170 e. The fourth-order valence-electron chi connectivity index (χ4n) is 4.74. The van der Waals surface area contributed by atoms with Gasteiger partial charge < -0.3 is 14.8 Å². The first-order valence-electron chi connectivity index (χ1n) is 11.2. The number of hydrogen-bond acceptors (Lipinski definition) is 3. The molecule has 1 fully saturated rings. The van der Waals surface area contributed by atoms with Crippen molar-refractivity contribution in [1.29, 1.82) is 0 Å². The van der Waals surface area contributed by atoms with E-state index in [2.05, 4.69) is 87.1 Å². The van der Waals surface area contributed by atoms with Crippen LogP contribution in [-0.2, 0) is 13.1 Å². The number of thiocarbonyl (C=S) groups is 1. The third-order valence-corrected chi connectivity index (χ3v) is 6.74. The molecule has 4 heterocycles. The Kier molecular flexibility index (Phi) is 5.92. The van der Waals surface area contributed by atoms with Crippen LogP contribution in [0.4, 0.5) is 0 Å². The highest BCUT2D eigenvalue weighted by atomic mass is 32.1. The second kappa shape index (κ2) is 9.16. The fourth-order valence-corrected chi connectivity index (χ4v) is 5.04. The summed E-state index contributed by atoms with van der Waals surface area (Å²) < 4.78 is 2.39. The van der Waals surface area contributed by atoms with Gasteiger partial charge in [0.2, 0.25) is 0 Å². The zero-order chi connectivity index (χ0) is 22.8. The monoisotopic (exact) mass is 453 g/mol. The molecule has 4 aromatic rings. The van der Waals surface area contributed by atoms with Gasteiger partial charge in [0.1, 0.15) is 0 Å². The van der Waals surface area contributed by atoms with Crippen LogP contribution in [0.25, 0.3) is 0 Å². The Bertz CT molecular complexity index is 1240. The molecule has 0 unspecified atom stereocenters. The zero-order valence-electron chi connectivity index (χ0n) is 18.8. The van der Waals surface area contributed by atoms with Gasteiger partial charge in [-0.2, -0.15) is 0 Å². The van der Waals surface area contributed by atoms with Gasteiger partial charge in [-0.05, 0) is 67.0 Å². The Hall–Kier alpha value is -3.51. The summed E-state index contributed by atoms with van der Waals surface area (Å²) in [6.07, 6.45) is 5.56. The van der Waals surface area contributed by atoms with Crippen molar-refractivity contribution in [3.8, 4) is 0 Å². The minimum Gasteiger partial charge on any atom is -0.352 e. The Morgan fingerprint density at radius 2 is 1.70 bits per heavy atom. The maximum atomic E-state index is 5.84. The lowest BCUT2D eigenvalue weighted by Gasteiger charge is -2.28. The first kappa shape index (κ1) is 21.3. The lowest BCUT2D eigenvalue weighted by Crippen LogP contribution is -2.29. The molecule has 2 atom stereocenters. The third-order valence-electron chi connectivity index (χ3n) is 6.39. The normalized spacial score (nSPS) is 17.9. The topological polar surface area (TPSA) is 46.0 Å². The van der Waals surface area contributed by atoms with E-state index in [1.54, 1.807) is 6.20 Å². The lowest BCUT2D eigenvalue weighted by molar-refractivity contribution is 0.309. The highest BCUT2D eigenvalue weighted by Gasteiger charge is 2.41. The Labute approximate surface area is 200 Å². The van der Waals surface area contributed by atoms with Crippen molar-refractivity contribution in [3.05, 3.63) is 119 Å². The van der Waals surface area contributed by atoms with Crippen molar-refractivity contribution < 1.29 is 0 Å². The van der Waals surface area contributed by atoms with Gasteiger partial charge in [-0.3, -0.25) is 9.97 Å². The van der Waals surface area contributed by atoms with E-state index in [0.717, 1.165) is 22.9 Å². The van der Waals surface area contributed by atoms with Gasteiger partial charge in [0.15, 0.2) is 5.11 Å². The molecule has 5 nitrogen and oxygen atoms in total. The first-order valence-corrected chi connectivity index (χ1v) is 11.6. The van der Waals surface area contributed by atoms with E-state index in [9.17, 15) is 0 Å². The molecule has 1 aliphatic heterocycles. The molecular formula is C27H27N5S. The predicted octanol–water partition coefficient (Wildman–Crippen LogP) is 5.12. The molecular weight excluding hydrogens is 426 g/mol. The maximum Gasteiger partial charge on any atom is 0.170 e. The second-order valence-electron chi connectivity index (χ2n) is 8.51. The largest absolute Gasteiger partial charge is 0.352 e.